The summed E-state index contributed by atoms with van der Waals surface area (Å²) in [5.41, 5.74) is 8.19. The number of amides is 1. The summed E-state index contributed by atoms with van der Waals surface area (Å²) in [5.74, 6) is -0.534. The molecule has 0 aliphatic carbocycles. The van der Waals surface area contributed by atoms with Crippen molar-refractivity contribution < 1.29 is 9.53 Å². The number of benzene rings is 1. The predicted molar refractivity (Wildman–Crippen MR) is 69.1 cm³/mol. The molecule has 1 rings (SSSR count). The minimum Gasteiger partial charge on any atom is -0.385 e. The van der Waals surface area contributed by atoms with Gasteiger partial charge in [-0.15, -0.1) is 11.6 Å². The quantitative estimate of drug-likeness (QED) is 0.821. The first-order valence-electron chi connectivity index (χ1n) is 5.48. The first kappa shape index (κ1) is 14.0. The Bertz CT molecular complexity index is 400. The zero-order chi connectivity index (χ0) is 13.1. The fraction of sp³-hybridized carbons (Fsp3) is 0.462. The molecule has 0 aliphatic rings. The molecule has 1 unspecified atom stereocenters. The number of alkyl halides is 1. The van der Waals surface area contributed by atoms with Crippen molar-refractivity contribution >= 4 is 17.5 Å². The minimum atomic E-state index is -1.19. The van der Waals surface area contributed by atoms with E-state index in [0.29, 0.717) is 13.0 Å². The van der Waals surface area contributed by atoms with Crippen molar-refractivity contribution in [1.82, 2.24) is 0 Å². The summed E-state index contributed by atoms with van der Waals surface area (Å²) in [6.07, 6.45) is 0.367. The van der Waals surface area contributed by atoms with Crippen LogP contribution in [0.2, 0.25) is 0 Å². The van der Waals surface area contributed by atoms with E-state index >= 15 is 0 Å². The van der Waals surface area contributed by atoms with E-state index in [1.54, 1.807) is 7.11 Å². The number of hydrogen-bond acceptors (Lipinski definition) is 2. The molecule has 1 aromatic carbocycles. The summed E-state index contributed by atoms with van der Waals surface area (Å²) in [6.45, 7) is 4.24. The summed E-state index contributed by atoms with van der Waals surface area (Å²) in [5, 5.41) is 0. The average molecular weight is 256 g/mol. The summed E-state index contributed by atoms with van der Waals surface area (Å²) < 4.78 is 5.00. The van der Waals surface area contributed by atoms with Gasteiger partial charge in [-0.1, -0.05) is 18.2 Å². The maximum atomic E-state index is 11.7. The number of methoxy groups -OCH3 is 1. The third kappa shape index (κ3) is 2.79. The Balaban J connectivity index is 3.27. The predicted octanol–water partition coefficient (Wildman–Crippen LogP) is 2.26. The van der Waals surface area contributed by atoms with E-state index in [2.05, 4.69) is 0 Å². The molecule has 0 saturated carbocycles. The zero-order valence-corrected chi connectivity index (χ0v) is 11.2. The molecular formula is C13H18ClNO2. The summed E-state index contributed by atoms with van der Waals surface area (Å²) in [4.78, 5) is 10.5. The largest absolute Gasteiger partial charge is 0.385 e. The number of aryl methyl sites for hydroxylation is 2. The maximum Gasteiger partial charge on any atom is 0.243 e. The van der Waals surface area contributed by atoms with E-state index in [0.717, 1.165) is 16.7 Å². The summed E-state index contributed by atoms with van der Waals surface area (Å²) in [6, 6.07) is 5.78. The van der Waals surface area contributed by atoms with Gasteiger partial charge in [-0.3, -0.25) is 4.79 Å². The van der Waals surface area contributed by atoms with Gasteiger partial charge in [0.2, 0.25) is 5.91 Å². The first-order valence-corrected chi connectivity index (χ1v) is 5.85. The molecule has 94 valence electrons. The van der Waals surface area contributed by atoms with E-state index in [-0.39, 0.29) is 0 Å². The van der Waals surface area contributed by atoms with Crippen LogP contribution in [-0.4, -0.2) is 19.6 Å². The van der Waals surface area contributed by atoms with Gasteiger partial charge in [-0.25, -0.2) is 0 Å². The fourth-order valence-corrected chi connectivity index (χ4v) is 2.43. The molecule has 2 N–H and O–H groups in total. The van der Waals surface area contributed by atoms with Crippen molar-refractivity contribution in [3.05, 3.63) is 34.9 Å². The van der Waals surface area contributed by atoms with E-state index in [1.165, 1.54) is 0 Å². The SMILES string of the molecule is COCCC(Cl)(C(N)=O)c1c(C)cccc1C. The number of carbonyl (C=O) groups excluding carboxylic acids is 1. The summed E-state index contributed by atoms with van der Waals surface area (Å²) >= 11 is 6.43. The smallest absolute Gasteiger partial charge is 0.243 e. The van der Waals surface area contributed by atoms with Crippen molar-refractivity contribution in [3.8, 4) is 0 Å². The maximum absolute atomic E-state index is 11.7. The Morgan fingerprint density at radius 3 is 2.35 bits per heavy atom. The number of nitrogens with two attached hydrogens (primary N) is 1. The topological polar surface area (TPSA) is 52.3 Å². The van der Waals surface area contributed by atoms with Crippen LogP contribution in [-0.2, 0) is 14.4 Å². The monoisotopic (exact) mass is 255 g/mol. The van der Waals surface area contributed by atoms with Crippen molar-refractivity contribution in [2.75, 3.05) is 13.7 Å². The molecule has 1 aromatic rings. The van der Waals surface area contributed by atoms with Gasteiger partial charge in [0.15, 0.2) is 4.87 Å². The van der Waals surface area contributed by atoms with Crippen LogP contribution < -0.4 is 5.73 Å². The number of rotatable bonds is 5. The molecular weight excluding hydrogens is 238 g/mol. The van der Waals surface area contributed by atoms with Gasteiger partial charge in [-0.2, -0.15) is 0 Å². The van der Waals surface area contributed by atoms with Crippen molar-refractivity contribution in [2.24, 2.45) is 5.73 Å². The number of halogens is 1. The number of primary amides is 1. The highest BCUT2D eigenvalue weighted by atomic mass is 35.5. The van der Waals surface area contributed by atoms with Gasteiger partial charge in [0.25, 0.3) is 0 Å². The van der Waals surface area contributed by atoms with Gasteiger partial charge in [0, 0.05) is 20.1 Å². The second-order valence-electron chi connectivity index (χ2n) is 4.18. The molecule has 0 aliphatic heterocycles. The Morgan fingerprint density at radius 2 is 1.94 bits per heavy atom. The molecule has 17 heavy (non-hydrogen) atoms. The van der Waals surface area contributed by atoms with Gasteiger partial charge < -0.3 is 10.5 Å². The number of ether oxygens (including phenoxy) is 1. The van der Waals surface area contributed by atoms with E-state index < -0.39 is 10.8 Å². The van der Waals surface area contributed by atoms with E-state index in [9.17, 15) is 4.79 Å². The lowest BCUT2D eigenvalue weighted by Gasteiger charge is -2.27. The van der Waals surface area contributed by atoms with Crippen LogP contribution in [0, 0.1) is 13.8 Å². The van der Waals surface area contributed by atoms with Crippen LogP contribution in [0.1, 0.15) is 23.1 Å². The van der Waals surface area contributed by atoms with Crippen molar-refractivity contribution in [2.45, 2.75) is 25.1 Å². The minimum absolute atomic E-state index is 0.367. The Morgan fingerprint density at radius 1 is 1.41 bits per heavy atom. The number of carbonyl (C=O) groups is 1. The molecule has 0 saturated heterocycles. The Labute approximate surface area is 107 Å². The fourth-order valence-electron chi connectivity index (χ4n) is 2.05. The van der Waals surface area contributed by atoms with Crippen LogP contribution in [0.4, 0.5) is 0 Å². The summed E-state index contributed by atoms with van der Waals surface area (Å²) in [7, 11) is 1.57. The average Bonchev–Trinajstić information content (AvgIpc) is 2.25. The Hall–Kier alpha value is -1.06. The molecule has 4 heteroatoms. The molecule has 0 heterocycles. The van der Waals surface area contributed by atoms with Gasteiger partial charge in [0.05, 0.1) is 0 Å². The lowest BCUT2D eigenvalue weighted by molar-refractivity contribution is -0.121. The van der Waals surface area contributed by atoms with Crippen LogP contribution in [0.3, 0.4) is 0 Å². The molecule has 0 spiro atoms. The second-order valence-corrected chi connectivity index (χ2v) is 4.82. The first-order chi connectivity index (χ1) is 7.93. The van der Waals surface area contributed by atoms with Crippen LogP contribution >= 0.6 is 11.6 Å². The molecule has 1 amide bonds. The molecule has 0 radical (unpaired) electrons. The normalized spacial score (nSPS) is 14.4. The molecule has 1 atom stereocenters. The van der Waals surface area contributed by atoms with Crippen molar-refractivity contribution in [1.29, 1.82) is 0 Å². The number of hydrogen-bond donors (Lipinski definition) is 1. The van der Waals surface area contributed by atoms with Crippen LogP contribution in [0.15, 0.2) is 18.2 Å². The molecule has 0 aromatic heterocycles. The second kappa shape index (κ2) is 5.52. The van der Waals surface area contributed by atoms with Gasteiger partial charge >= 0.3 is 0 Å². The lowest BCUT2D eigenvalue weighted by atomic mass is 9.87. The van der Waals surface area contributed by atoms with Gasteiger partial charge in [0.1, 0.15) is 0 Å². The zero-order valence-electron chi connectivity index (χ0n) is 10.4. The third-order valence-electron chi connectivity index (χ3n) is 2.92. The van der Waals surface area contributed by atoms with E-state index in [4.69, 9.17) is 22.1 Å². The van der Waals surface area contributed by atoms with E-state index in [1.807, 2.05) is 32.0 Å². The van der Waals surface area contributed by atoms with Gasteiger partial charge in [-0.05, 0) is 30.5 Å². The highest BCUT2D eigenvalue weighted by Crippen LogP contribution is 2.36. The van der Waals surface area contributed by atoms with Crippen LogP contribution in [0.25, 0.3) is 0 Å². The standard InChI is InChI=1S/C13H18ClNO2/c1-9-5-4-6-10(2)11(9)13(14,12(15)16)7-8-17-3/h4-6H,7-8H2,1-3H3,(H2,15,16). The highest BCUT2D eigenvalue weighted by Gasteiger charge is 2.38. The Kier molecular flexibility index (Phi) is 4.54. The highest BCUT2D eigenvalue weighted by molar-refractivity contribution is 6.34. The van der Waals surface area contributed by atoms with Crippen molar-refractivity contribution in [3.63, 3.8) is 0 Å². The third-order valence-corrected chi connectivity index (χ3v) is 3.48. The molecule has 0 fully saturated rings. The molecule has 0 bridgehead atoms. The molecule has 3 nitrogen and oxygen atoms in total. The lowest BCUT2D eigenvalue weighted by Crippen LogP contribution is -2.38. The van der Waals surface area contributed by atoms with Crippen LogP contribution in [0.5, 0.6) is 0 Å².